The van der Waals surface area contributed by atoms with Crippen molar-refractivity contribution in [1.29, 1.82) is 0 Å². The standard InChI is InChI=1S/C10H10S4Te4/c11-3-5-6(4-12)16-9(15-5)10-17-7-8(18-10)14-2-1-13-7/h11-12H,1-4H2. The van der Waals surface area contributed by atoms with Gasteiger partial charge in [-0.2, -0.15) is 0 Å². The van der Waals surface area contributed by atoms with E-state index in [2.05, 4.69) is 52.1 Å². The summed E-state index contributed by atoms with van der Waals surface area (Å²) in [5.41, 5.74) is 0. The molecule has 0 N–H and O–H groups in total. The van der Waals surface area contributed by atoms with Gasteiger partial charge >= 0.3 is 172 Å². The Hall–Kier alpha value is 3.78. The zero-order valence-electron chi connectivity index (χ0n) is 9.17. The van der Waals surface area contributed by atoms with Crippen molar-refractivity contribution in [3.05, 3.63) is 16.5 Å². The normalized spacial score (nSPS) is 24.3. The van der Waals surface area contributed by atoms with E-state index in [1.165, 1.54) is 11.5 Å². The van der Waals surface area contributed by atoms with E-state index in [0.717, 1.165) is 11.5 Å². The summed E-state index contributed by atoms with van der Waals surface area (Å²) in [7, 11) is 0. The average molecular weight is 769 g/mol. The third kappa shape index (κ3) is 3.81. The molecule has 0 aliphatic carbocycles. The van der Waals surface area contributed by atoms with Crippen LogP contribution in [0.15, 0.2) is 16.5 Å². The molecule has 0 bridgehead atoms. The minimum atomic E-state index is 0.0404. The summed E-state index contributed by atoms with van der Waals surface area (Å²) in [4.78, 5) is 0. The van der Waals surface area contributed by atoms with Crippen LogP contribution >= 0.6 is 48.8 Å². The number of hydrogen-bond donors (Lipinski definition) is 2. The van der Waals surface area contributed by atoms with Gasteiger partial charge in [-0.3, -0.25) is 0 Å². The molecule has 0 saturated heterocycles. The van der Waals surface area contributed by atoms with Gasteiger partial charge in [0.25, 0.3) is 0 Å². The first-order valence-electron chi connectivity index (χ1n) is 5.21. The fourth-order valence-corrected chi connectivity index (χ4v) is 36.0. The molecular formula is C10H10S4Te4. The predicted octanol–water partition coefficient (Wildman–Crippen LogP) is 1.63. The summed E-state index contributed by atoms with van der Waals surface area (Å²) in [6.45, 7) is 0. The second kappa shape index (κ2) is 8.05. The average Bonchev–Trinajstić information content (AvgIpc) is 3.01. The van der Waals surface area contributed by atoms with Gasteiger partial charge in [0, 0.05) is 0 Å². The first kappa shape index (κ1) is 16.6. The van der Waals surface area contributed by atoms with Crippen molar-refractivity contribution in [2.45, 2.75) is 0 Å². The number of rotatable bonds is 2. The van der Waals surface area contributed by atoms with Crippen LogP contribution in [0.25, 0.3) is 0 Å². The molecule has 0 aromatic carbocycles. The summed E-state index contributed by atoms with van der Waals surface area (Å²) < 4.78 is 11.4. The third-order valence-electron chi connectivity index (χ3n) is 2.28. The molecule has 3 rings (SSSR count). The van der Waals surface area contributed by atoms with Crippen molar-refractivity contribution in [3.8, 4) is 0 Å². The zero-order chi connectivity index (χ0) is 12.5. The second-order valence-corrected chi connectivity index (χ2v) is 25.0. The summed E-state index contributed by atoms with van der Waals surface area (Å²) in [5, 5.41) is 0. The maximum absolute atomic E-state index is 4.54. The zero-order valence-corrected chi connectivity index (χ0v) is 21.9. The Balaban J connectivity index is 1.76. The van der Waals surface area contributed by atoms with Gasteiger partial charge in [-0.15, -0.1) is 0 Å². The number of hydrogen-bond acceptors (Lipinski definition) is 4. The molecule has 0 amide bonds. The van der Waals surface area contributed by atoms with E-state index < -0.39 is 0 Å². The Kier molecular flexibility index (Phi) is 7.44. The molecule has 0 nitrogen and oxygen atoms in total. The number of thiol groups is 2. The van der Waals surface area contributed by atoms with E-state index in [4.69, 9.17) is 0 Å². The Bertz CT molecular complexity index is 406. The summed E-state index contributed by atoms with van der Waals surface area (Å²) >= 11 is 13.8. The van der Waals surface area contributed by atoms with E-state index >= 15 is 0 Å². The summed E-state index contributed by atoms with van der Waals surface area (Å²) in [6, 6.07) is 0. The van der Waals surface area contributed by atoms with Crippen molar-refractivity contribution in [1.82, 2.24) is 0 Å². The van der Waals surface area contributed by atoms with Crippen LogP contribution in [0.5, 0.6) is 0 Å². The van der Waals surface area contributed by atoms with E-state index in [0.29, 0.717) is 0 Å². The van der Waals surface area contributed by atoms with Gasteiger partial charge in [-0.05, 0) is 0 Å². The topological polar surface area (TPSA) is 0 Å². The monoisotopic (exact) mass is 778 g/mol. The molecular weight excluding hydrogens is 759 g/mol. The fraction of sp³-hybridized carbons (Fsp3) is 0.400. The van der Waals surface area contributed by atoms with Gasteiger partial charge in [0.05, 0.1) is 0 Å². The molecule has 8 heteroatoms. The van der Waals surface area contributed by atoms with Crippen LogP contribution in [0.3, 0.4) is 0 Å². The first-order valence-corrected chi connectivity index (χ1v) is 17.8. The Morgan fingerprint density at radius 2 is 1.22 bits per heavy atom. The van der Waals surface area contributed by atoms with E-state index in [-0.39, 0.29) is 83.7 Å². The quantitative estimate of drug-likeness (QED) is 0.325. The predicted molar refractivity (Wildman–Crippen MR) is 96.7 cm³/mol. The third-order valence-corrected chi connectivity index (χ3v) is 34.5. The molecule has 0 saturated carbocycles. The van der Waals surface area contributed by atoms with E-state index in [1.807, 2.05) is 5.91 Å². The molecule has 0 aromatic heterocycles. The maximum atomic E-state index is 4.54. The molecule has 0 spiro atoms. The molecule has 18 heavy (non-hydrogen) atoms. The van der Waals surface area contributed by atoms with Crippen molar-refractivity contribution in [2.75, 3.05) is 23.0 Å². The van der Waals surface area contributed by atoms with Crippen molar-refractivity contribution < 1.29 is 0 Å². The first-order chi connectivity index (χ1) is 8.81. The summed E-state index contributed by atoms with van der Waals surface area (Å²) in [6.07, 6.45) is 0. The van der Waals surface area contributed by atoms with Crippen LogP contribution < -0.4 is 0 Å². The van der Waals surface area contributed by atoms with Crippen LogP contribution in [0.4, 0.5) is 0 Å². The van der Waals surface area contributed by atoms with Crippen LogP contribution in [0, 0.1) is 0 Å². The molecule has 0 atom stereocenters. The Morgan fingerprint density at radius 3 is 1.67 bits per heavy atom. The molecule has 3 aliphatic heterocycles. The molecule has 3 heterocycles. The molecule has 98 valence electrons. The number of thioether (sulfide) groups is 2. The van der Waals surface area contributed by atoms with Gasteiger partial charge in [-0.1, -0.05) is 0 Å². The second-order valence-electron chi connectivity index (χ2n) is 3.42. The van der Waals surface area contributed by atoms with E-state index in [1.54, 1.807) is 7.24 Å². The fourth-order valence-electron chi connectivity index (χ4n) is 1.48. The van der Waals surface area contributed by atoms with Gasteiger partial charge in [0.15, 0.2) is 0 Å². The van der Waals surface area contributed by atoms with Crippen molar-refractivity contribution >= 4 is 132 Å². The van der Waals surface area contributed by atoms with Crippen LogP contribution in [0.1, 0.15) is 0 Å². The molecule has 0 unspecified atom stereocenters. The van der Waals surface area contributed by atoms with Gasteiger partial charge < -0.3 is 0 Å². The molecule has 3 aliphatic rings. The molecule has 0 fully saturated rings. The van der Waals surface area contributed by atoms with Crippen LogP contribution in [-0.2, 0) is 0 Å². The SMILES string of the molecule is SCC1=C(CS)[Te]C(=C2[Te]C3=C(SCCS3)[Te]2)[Te]1. The van der Waals surface area contributed by atoms with Crippen molar-refractivity contribution in [3.63, 3.8) is 0 Å². The minimum absolute atomic E-state index is 0.0404. The summed E-state index contributed by atoms with van der Waals surface area (Å²) in [5.74, 6) is 4.80. The van der Waals surface area contributed by atoms with E-state index in [9.17, 15) is 0 Å². The van der Waals surface area contributed by atoms with Crippen LogP contribution in [-0.4, -0.2) is 107 Å². The van der Waals surface area contributed by atoms with Crippen molar-refractivity contribution in [2.24, 2.45) is 0 Å². The van der Waals surface area contributed by atoms with Gasteiger partial charge in [0.2, 0.25) is 0 Å². The van der Waals surface area contributed by atoms with Crippen LogP contribution in [0.2, 0.25) is 0 Å². The van der Waals surface area contributed by atoms with Gasteiger partial charge in [-0.25, -0.2) is 0 Å². The molecule has 0 radical (unpaired) electrons. The Labute approximate surface area is 168 Å². The Morgan fingerprint density at radius 1 is 0.778 bits per heavy atom. The van der Waals surface area contributed by atoms with Gasteiger partial charge in [0.1, 0.15) is 0 Å². The molecule has 0 aromatic rings.